The first kappa shape index (κ1) is 8.76. The number of nitrogens with one attached hydrogen (secondary N) is 1. The van der Waals surface area contributed by atoms with Gasteiger partial charge in [-0.3, -0.25) is 0 Å². The minimum Gasteiger partial charge on any atom is -0.310 e. The molecule has 1 aliphatic rings. The third-order valence-electron chi connectivity index (χ3n) is 2.82. The maximum Gasteiger partial charge on any atom is 0.0335 e. The molecule has 0 radical (unpaired) electrons. The van der Waals surface area contributed by atoms with Crippen molar-refractivity contribution in [3.8, 4) is 0 Å². The molecule has 1 atom stereocenters. The van der Waals surface area contributed by atoms with Crippen LogP contribution in [0.15, 0.2) is 24.3 Å². The minimum atomic E-state index is 0.624. The van der Waals surface area contributed by atoms with Crippen LogP contribution in [0.2, 0.25) is 0 Å². The molecule has 0 unspecified atom stereocenters. The van der Waals surface area contributed by atoms with Crippen molar-refractivity contribution in [1.29, 1.82) is 0 Å². The molecule has 1 heterocycles. The summed E-state index contributed by atoms with van der Waals surface area (Å²) in [5, 5.41) is 3.46. The van der Waals surface area contributed by atoms with E-state index in [-0.39, 0.29) is 0 Å². The Morgan fingerprint density at radius 3 is 2.54 bits per heavy atom. The molecule has 1 N–H and O–H groups in total. The SMILES string of the molecule is CC(C)c1ccccc1[C@H]1CCN1. The molecular weight excluding hydrogens is 158 g/mol. The molecule has 1 aromatic rings. The lowest BCUT2D eigenvalue weighted by atomic mass is 9.89. The molecule has 0 bridgehead atoms. The molecule has 1 nitrogen and oxygen atoms in total. The molecule has 0 amide bonds. The van der Waals surface area contributed by atoms with E-state index in [4.69, 9.17) is 0 Å². The molecule has 0 saturated carbocycles. The summed E-state index contributed by atoms with van der Waals surface area (Å²) in [6.45, 7) is 5.70. The van der Waals surface area contributed by atoms with Crippen molar-refractivity contribution in [3.05, 3.63) is 35.4 Å². The van der Waals surface area contributed by atoms with Gasteiger partial charge in [0.25, 0.3) is 0 Å². The van der Waals surface area contributed by atoms with Gasteiger partial charge in [0.05, 0.1) is 0 Å². The molecule has 1 fully saturated rings. The van der Waals surface area contributed by atoms with Crippen LogP contribution in [-0.4, -0.2) is 6.54 Å². The average Bonchev–Trinajstić information content (AvgIpc) is 2.02. The van der Waals surface area contributed by atoms with Crippen LogP contribution in [0.5, 0.6) is 0 Å². The van der Waals surface area contributed by atoms with E-state index in [0.29, 0.717) is 12.0 Å². The van der Waals surface area contributed by atoms with E-state index in [9.17, 15) is 0 Å². The fourth-order valence-electron chi connectivity index (χ4n) is 1.91. The zero-order valence-corrected chi connectivity index (χ0v) is 8.38. The van der Waals surface area contributed by atoms with Crippen LogP contribution < -0.4 is 5.32 Å². The Bertz CT molecular complexity index is 287. The summed E-state index contributed by atoms with van der Waals surface area (Å²) in [5.41, 5.74) is 3.00. The van der Waals surface area contributed by atoms with Crippen LogP contribution in [0.1, 0.15) is 43.4 Å². The van der Waals surface area contributed by atoms with E-state index in [1.807, 2.05) is 0 Å². The van der Waals surface area contributed by atoms with E-state index >= 15 is 0 Å². The van der Waals surface area contributed by atoms with E-state index in [2.05, 4.69) is 43.4 Å². The highest BCUT2D eigenvalue weighted by Gasteiger charge is 2.21. The summed E-state index contributed by atoms with van der Waals surface area (Å²) in [5.74, 6) is 0.638. The Hall–Kier alpha value is -0.820. The number of benzene rings is 1. The second-order valence-corrected chi connectivity index (χ2v) is 4.08. The largest absolute Gasteiger partial charge is 0.310 e. The zero-order valence-electron chi connectivity index (χ0n) is 8.38. The lowest BCUT2D eigenvalue weighted by Gasteiger charge is -2.30. The van der Waals surface area contributed by atoms with Gasteiger partial charge in [0.1, 0.15) is 0 Å². The maximum atomic E-state index is 3.46. The quantitative estimate of drug-likeness (QED) is 0.728. The van der Waals surface area contributed by atoms with Crippen LogP contribution in [0.4, 0.5) is 0 Å². The normalized spacial score (nSPS) is 21.6. The van der Waals surface area contributed by atoms with Crippen molar-refractivity contribution in [1.82, 2.24) is 5.32 Å². The van der Waals surface area contributed by atoms with E-state index in [0.717, 1.165) is 0 Å². The van der Waals surface area contributed by atoms with Gasteiger partial charge in [0, 0.05) is 6.04 Å². The summed E-state index contributed by atoms with van der Waals surface area (Å²) in [4.78, 5) is 0. The van der Waals surface area contributed by atoms with E-state index in [1.54, 1.807) is 0 Å². The summed E-state index contributed by atoms with van der Waals surface area (Å²) < 4.78 is 0. The first-order valence-corrected chi connectivity index (χ1v) is 5.11. The molecule has 2 rings (SSSR count). The van der Waals surface area contributed by atoms with Crippen molar-refractivity contribution < 1.29 is 0 Å². The van der Waals surface area contributed by atoms with Gasteiger partial charge in [-0.1, -0.05) is 38.1 Å². The third kappa shape index (κ3) is 1.61. The van der Waals surface area contributed by atoms with Gasteiger partial charge in [-0.05, 0) is 30.0 Å². The lowest BCUT2D eigenvalue weighted by Crippen LogP contribution is -2.35. The number of rotatable bonds is 2. The van der Waals surface area contributed by atoms with E-state index < -0.39 is 0 Å². The van der Waals surface area contributed by atoms with Crippen molar-refractivity contribution >= 4 is 0 Å². The van der Waals surface area contributed by atoms with Crippen LogP contribution in [-0.2, 0) is 0 Å². The van der Waals surface area contributed by atoms with Gasteiger partial charge in [0.2, 0.25) is 0 Å². The fraction of sp³-hybridized carbons (Fsp3) is 0.500. The first-order valence-electron chi connectivity index (χ1n) is 5.11. The molecule has 1 aromatic carbocycles. The first-order chi connectivity index (χ1) is 6.29. The van der Waals surface area contributed by atoms with Crippen molar-refractivity contribution in [2.24, 2.45) is 0 Å². The molecule has 0 spiro atoms. The second kappa shape index (κ2) is 3.51. The summed E-state index contributed by atoms with van der Waals surface area (Å²) in [7, 11) is 0. The van der Waals surface area contributed by atoms with Gasteiger partial charge in [-0.2, -0.15) is 0 Å². The monoisotopic (exact) mass is 175 g/mol. The fourth-order valence-corrected chi connectivity index (χ4v) is 1.91. The number of hydrogen-bond acceptors (Lipinski definition) is 1. The van der Waals surface area contributed by atoms with E-state index in [1.165, 1.54) is 24.1 Å². The Labute approximate surface area is 80.2 Å². The lowest BCUT2D eigenvalue weighted by molar-refractivity contribution is 0.380. The third-order valence-corrected chi connectivity index (χ3v) is 2.82. The van der Waals surface area contributed by atoms with Gasteiger partial charge >= 0.3 is 0 Å². The Morgan fingerprint density at radius 2 is 2.00 bits per heavy atom. The highest BCUT2D eigenvalue weighted by Crippen LogP contribution is 2.29. The maximum absolute atomic E-state index is 3.46. The van der Waals surface area contributed by atoms with Crippen LogP contribution in [0.3, 0.4) is 0 Å². The van der Waals surface area contributed by atoms with Crippen LogP contribution in [0, 0.1) is 0 Å². The topological polar surface area (TPSA) is 12.0 Å². The van der Waals surface area contributed by atoms with Crippen LogP contribution in [0.25, 0.3) is 0 Å². The predicted molar refractivity (Wildman–Crippen MR) is 55.9 cm³/mol. The highest BCUT2D eigenvalue weighted by atomic mass is 15.0. The van der Waals surface area contributed by atoms with Gasteiger partial charge in [-0.15, -0.1) is 0 Å². The summed E-state index contributed by atoms with van der Waals surface area (Å²) in [6, 6.07) is 9.41. The highest BCUT2D eigenvalue weighted by molar-refractivity contribution is 5.33. The van der Waals surface area contributed by atoms with Crippen LogP contribution >= 0.6 is 0 Å². The average molecular weight is 175 g/mol. The molecule has 1 heteroatoms. The smallest absolute Gasteiger partial charge is 0.0335 e. The minimum absolute atomic E-state index is 0.624. The molecule has 1 aliphatic heterocycles. The molecule has 0 aromatic heterocycles. The van der Waals surface area contributed by atoms with Crippen molar-refractivity contribution in [2.45, 2.75) is 32.2 Å². The Kier molecular flexibility index (Phi) is 2.36. The molecule has 13 heavy (non-hydrogen) atoms. The predicted octanol–water partition coefficient (Wildman–Crippen LogP) is 2.84. The van der Waals surface area contributed by atoms with Crippen molar-refractivity contribution in [2.75, 3.05) is 6.54 Å². The second-order valence-electron chi connectivity index (χ2n) is 4.08. The molecule has 0 aliphatic carbocycles. The van der Waals surface area contributed by atoms with Crippen molar-refractivity contribution in [3.63, 3.8) is 0 Å². The number of hydrogen-bond donors (Lipinski definition) is 1. The Morgan fingerprint density at radius 1 is 1.31 bits per heavy atom. The van der Waals surface area contributed by atoms with Gasteiger partial charge in [0.15, 0.2) is 0 Å². The molecular formula is C12H17N. The molecule has 70 valence electrons. The van der Waals surface area contributed by atoms with Gasteiger partial charge in [-0.25, -0.2) is 0 Å². The molecule has 1 saturated heterocycles. The van der Waals surface area contributed by atoms with Gasteiger partial charge < -0.3 is 5.32 Å². The Balaban J connectivity index is 2.31. The summed E-state index contributed by atoms with van der Waals surface area (Å²) >= 11 is 0. The standard InChI is InChI=1S/C12H17N/c1-9(2)10-5-3-4-6-11(10)12-7-8-13-12/h3-6,9,12-13H,7-8H2,1-2H3/t12-/m1/s1. The zero-order chi connectivity index (χ0) is 9.26. The summed E-state index contributed by atoms with van der Waals surface area (Å²) in [6.07, 6.45) is 1.30.